The highest BCUT2D eigenvalue weighted by atomic mass is 19.4. The predicted octanol–water partition coefficient (Wildman–Crippen LogP) is 2.17. The van der Waals surface area contributed by atoms with Gasteiger partial charge in [-0.15, -0.1) is 0 Å². The SMILES string of the molecule is CCOC1(N2CCC(NC(=O)CNC(=O)c3cccc(C(F)(F)F)c3)C2)CCOCC1. The number of hydrogen-bond acceptors (Lipinski definition) is 5. The zero-order chi connectivity index (χ0) is 22.5. The molecule has 0 radical (unpaired) electrons. The minimum absolute atomic E-state index is 0.0851. The van der Waals surface area contributed by atoms with E-state index in [1.807, 2.05) is 6.92 Å². The number of benzene rings is 1. The fraction of sp³-hybridized carbons (Fsp3) is 0.619. The summed E-state index contributed by atoms with van der Waals surface area (Å²) in [6.45, 7) is 4.92. The van der Waals surface area contributed by atoms with Gasteiger partial charge in [-0.05, 0) is 31.5 Å². The molecule has 2 heterocycles. The van der Waals surface area contributed by atoms with Crippen LogP contribution in [-0.4, -0.2) is 67.9 Å². The molecule has 2 fully saturated rings. The minimum atomic E-state index is -4.54. The van der Waals surface area contributed by atoms with Crippen LogP contribution in [0.15, 0.2) is 24.3 Å². The van der Waals surface area contributed by atoms with Gasteiger partial charge in [0.2, 0.25) is 5.91 Å². The van der Waals surface area contributed by atoms with Crippen LogP contribution in [0.3, 0.4) is 0 Å². The van der Waals surface area contributed by atoms with Crippen molar-refractivity contribution in [3.05, 3.63) is 35.4 Å². The molecule has 2 aliphatic heterocycles. The van der Waals surface area contributed by atoms with Crippen molar-refractivity contribution >= 4 is 11.8 Å². The molecule has 0 aromatic heterocycles. The zero-order valence-electron chi connectivity index (χ0n) is 17.5. The lowest BCUT2D eigenvalue weighted by atomic mass is 10.0. The zero-order valence-corrected chi connectivity index (χ0v) is 17.5. The van der Waals surface area contributed by atoms with Gasteiger partial charge >= 0.3 is 6.18 Å². The number of halogens is 3. The van der Waals surface area contributed by atoms with E-state index in [-0.39, 0.29) is 29.8 Å². The Bertz CT molecular complexity index is 776. The van der Waals surface area contributed by atoms with E-state index in [0.717, 1.165) is 44.0 Å². The van der Waals surface area contributed by atoms with Crippen molar-refractivity contribution in [1.29, 1.82) is 0 Å². The molecule has 1 atom stereocenters. The van der Waals surface area contributed by atoms with Crippen molar-refractivity contribution < 1.29 is 32.2 Å². The first-order valence-electron chi connectivity index (χ1n) is 10.4. The van der Waals surface area contributed by atoms with Gasteiger partial charge in [0.05, 0.1) is 25.3 Å². The molecule has 1 aromatic carbocycles. The van der Waals surface area contributed by atoms with E-state index in [9.17, 15) is 22.8 Å². The van der Waals surface area contributed by atoms with Gasteiger partial charge in [0.25, 0.3) is 5.91 Å². The van der Waals surface area contributed by atoms with Crippen molar-refractivity contribution in [3.63, 3.8) is 0 Å². The van der Waals surface area contributed by atoms with Crippen molar-refractivity contribution in [1.82, 2.24) is 15.5 Å². The molecule has 2 saturated heterocycles. The first-order chi connectivity index (χ1) is 14.7. The Morgan fingerprint density at radius 3 is 2.71 bits per heavy atom. The highest BCUT2D eigenvalue weighted by Gasteiger charge is 2.42. The third kappa shape index (κ3) is 5.96. The molecule has 1 aromatic rings. The number of nitrogens with one attached hydrogen (secondary N) is 2. The Hall–Kier alpha value is -2.17. The van der Waals surface area contributed by atoms with Crippen LogP contribution >= 0.6 is 0 Å². The van der Waals surface area contributed by atoms with Crippen molar-refractivity contribution in [2.75, 3.05) is 39.5 Å². The van der Waals surface area contributed by atoms with Crippen LogP contribution in [0.5, 0.6) is 0 Å². The van der Waals surface area contributed by atoms with Gasteiger partial charge in [-0.25, -0.2) is 0 Å². The lowest BCUT2D eigenvalue weighted by molar-refractivity contribution is -0.190. The van der Waals surface area contributed by atoms with E-state index < -0.39 is 17.6 Å². The normalized spacial score (nSPS) is 21.6. The van der Waals surface area contributed by atoms with E-state index in [2.05, 4.69) is 15.5 Å². The van der Waals surface area contributed by atoms with Gasteiger partial charge in [-0.2, -0.15) is 13.2 Å². The topological polar surface area (TPSA) is 79.9 Å². The van der Waals surface area contributed by atoms with Gasteiger partial charge in [0.15, 0.2) is 0 Å². The van der Waals surface area contributed by atoms with Crippen molar-refractivity contribution in [2.45, 2.75) is 44.1 Å². The molecule has 3 rings (SSSR count). The number of ether oxygens (including phenoxy) is 2. The van der Waals surface area contributed by atoms with Gasteiger partial charge in [-0.3, -0.25) is 14.5 Å². The summed E-state index contributed by atoms with van der Waals surface area (Å²) in [5.74, 6) is -1.11. The van der Waals surface area contributed by atoms with Gasteiger partial charge in [0.1, 0.15) is 5.72 Å². The average molecular weight is 443 g/mol. The lowest BCUT2D eigenvalue weighted by Gasteiger charge is -2.44. The standard InChI is InChI=1S/C21H28F3N3O4/c1-2-31-20(7-10-30-11-8-20)27-9-6-17(14-27)26-18(28)13-25-19(29)15-4-3-5-16(12-15)21(22,23)24/h3-5,12,17H,2,6-11,13-14H2,1H3,(H,25,29)(H,26,28). The van der Waals surface area contributed by atoms with Crippen LogP contribution in [-0.2, 0) is 20.4 Å². The first kappa shape index (κ1) is 23.5. The molecule has 0 saturated carbocycles. The quantitative estimate of drug-likeness (QED) is 0.675. The molecule has 172 valence electrons. The fourth-order valence-electron chi connectivity index (χ4n) is 4.14. The van der Waals surface area contributed by atoms with E-state index in [1.54, 1.807) is 0 Å². The number of hydrogen-bond donors (Lipinski definition) is 2. The van der Waals surface area contributed by atoms with E-state index >= 15 is 0 Å². The third-order valence-corrected chi connectivity index (χ3v) is 5.68. The molecule has 0 bridgehead atoms. The van der Waals surface area contributed by atoms with Gasteiger partial charge < -0.3 is 20.1 Å². The van der Waals surface area contributed by atoms with E-state index in [4.69, 9.17) is 9.47 Å². The molecular formula is C21H28F3N3O4. The number of carbonyl (C=O) groups excluding carboxylic acids is 2. The van der Waals surface area contributed by atoms with Crippen LogP contribution in [0.4, 0.5) is 13.2 Å². The molecule has 10 heteroatoms. The van der Waals surface area contributed by atoms with E-state index in [0.29, 0.717) is 26.4 Å². The predicted molar refractivity (Wildman–Crippen MR) is 106 cm³/mol. The Labute approximate surface area is 179 Å². The number of alkyl halides is 3. The van der Waals surface area contributed by atoms with Gasteiger partial charge in [-0.1, -0.05) is 6.07 Å². The summed E-state index contributed by atoms with van der Waals surface area (Å²) in [6.07, 6.45) is -2.24. The maximum Gasteiger partial charge on any atom is 0.416 e. The molecular weight excluding hydrogens is 415 g/mol. The van der Waals surface area contributed by atoms with Crippen molar-refractivity contribution in [3.8, 4) is 0 Å². The molecule has 7 nitrogen and oxygen atoms in total. The number of carbonyl (C=O) groups is 2. The fourth-order valence-corrected chi connectivity index (χ4v) is 4.14. The lowest BCUT2D eigenvalue weighted by Crippen LogP contribution is -2.54. The second kappa shape index (κ2) is 9.97. The Balaban J connectivity index is 1.49. The van der Waals surface area contributed by atoms with Crippen LogP contribution in [0.1, 0.15) is 42.1 Å². The second-order valence-electron chi connectivity index (χ2n) is 7.75. The largest absolute Gasteiger partial charge is 0.416 e. The molecule has 2 aliphatic rings. The molecule has 0 aliphatic carbocycles. The van der Waals surface area contributed by atoms with Crippen molar-refractivity contribution in [2.24, 2.45) is 0 Å². The minimum Gasteiger partial charge on any atom is -0.381 e. The molecule has 0 spiro atoms. The molecule has 2 amide bonds. The summed E-state index contributed by atoms with van der Waals surface area (Å²) >= 11 is 0. The Morgan fingerprint density at radius 1 is 1.29 bits per heavy atom. The summed E-state index contributed by atoms with van der Waals surface area (Å²) < 4.78 is 49.9. The Morgan fingerprint density at radius 2 is 2.03 bits per heavy atom. The summed E-state index contributed by atoms with van der Waals surface area (Å²) in [5.41, 5.74) is -1.43. The van der Waals surface area contributed by atoms with Crippen LogP contribution in [0.25, 0.3) is 0 Å². The smallest absolute Gasteiger partial charge is 0.381 e. The Kier molecular flexibility index (Phi) is 7.55. The van der Waals surface area contributed by atoms with Crippen LogP contribution < -0.4 is 10.6 Å². The van der Waals surface area contributed by atoms with Gasteiger partial charge in [0, 0.05) is 44.1 Å². The number of likely N-dealkylation sites (tertiary alicyclic amines) is 1. The highest BCUT2D eigenvalue weighted by molar-refractivity contribution is 5.96. The van der Waals surface area contributed by atoms with E-state index in [1.165, 1.54) is 6.07 Å². The molecule has 31 heavy (non-hydrogen) atoms. The number of rotatable bonds is 7. The maximum absolute atomic E-state index is 12.8. The highest BCUT2D eigenvalue weighted by Crippen LogP contribution is 2.32. The van der Waals surface area contributed by atoms with Crippen LogP contribution in [0, 0.1) is 0 Å². The summed E-state index contributed by atoms with van der Waals surface area (Å²) in [5, 5.41) is 5.27. The monoisotopic (exact) mass is 443 g/mol. The summed E-state index contributed by atoms with van der Waals surface area (Å²) in [6, 6.07) is 4.01. The number of nitrogens with zero attached hydrogens (tertiary/aromatic N) is 1. The second-order valence-corrected chi connectivity index (χ2v) is 7.75. The average Bonchev–Trinajstić information content (AvgIpc) is 3.21. The summed E-state index contributed by atoms with van der Waals surface area (Å²) in [4.78, 5) is 26.7. The maximum atomic E-state index is 12.8. The number of amides is 2. The molecule has 1 unspecified atom stereocenters. The third-order valence-electron chi connectivity index (χ3n) is 5.68. The first-order valence-corrected chi connectivity index (χ1v) is 10.4. The molecule has 2 N–H and O–H groups in total. The summed E-state index contributed by atoms with van der Waals surface area (Å²) in [7, 11) is 0. The van der Waals surface area contributed by atoms with Crippen LogP contribution in [0.2, 0.25) is 0 Å².